The zero-order valence-corrected chi connectivity index (χ0v) is 10.6. The lowest BCUT2D eigenvalue weighted by molar-refractivity contribution is 0.404. The van der Waals surface area contributed by atoms with Crippen LogP contribution in [0.15, 0.2) is 18.2 Å². The van der Waals surface area contributed by atoms with Gasteiger partial charge in [-0.3, -0.25) is 0 Å². The molecule has 0 aliphatic heterocycles. The molecule has 2 rings (SSSR count). The van der Waals surface area contributed by atoms with Gasteiger partial charge in [-0.15, -0.1) is 0 Å². The molecule has 3 N–H and O–H groups in total. The maximum absolute atomic E-state index is 6.11. The largest absolute Gasteiger partial charge is 0.380 e. The summed E-state index contributed by atoms with van der Waals surface area (Å²) in [6, 6.07) is 6.04. The molecule has 1 aliphatic carbocycles. The minimum absolute atomic E-state index is 0.223. The topological polar surface area (TPSA) is 38.0 Å². The van der Waals surface area contributed by atoms with Crippen LogP contribution in [0.4, 0.5) is 5.69 Å². The van der Waals surface area contributed by atoms with Gasteiger partial charge in [-0.05, 0) is 31.0 Å². The molecule has 0 heterocycles. The Bertz CT molecular complexity index is 368. The fourth-order valence-electron chi connectivity index (χ4n) is 2.15. The summed E-state index contributed by atoms with van der Waals surface area (Å²) < 4.78 is 0. The van der Waals surface area contributed by atoms with Gasteiger partial charge in [0.2, 0.25) is 0 Å². The van der Waals surface area contributed by atoms with Gasteiger partial charge in [-0.2, -0.15) is 0 Å². The second-order valence-electron chi connectivity index (χ2n) is 4.32. The van der Waals surface area contributed by atoms with Gasteiger partial charge in [0.05, 0.1) is 10.7 Å². The fourth-order valence-corrected chi connectivity index (χ4v) is 2.61. The molecule has 4 heteroatoms. The summed E-state index contributed by atoms with van der Waals surface area (Å²) in [4.78, 5) is 0. The van der Waals surface area contributed by atoms with E-state index in [0.717, 1.165) is 18.5 Å². The smallest absolute Gasteiger partial charge is 0.0652 e. The van der Waals surface area contributed by atoms with Crippen molar-refractivity contribution >= 4 is 28.9 Å². The highest BCUT2D eigenvalue weighted by molar-refractivity contribution is 6.36. The van der Waals surface area contributed by atoms with E-state index < -0.39 is 0 Å². The molecule has 0 spiro atoms. The van der Waals surface area contributed by atoms with Gasteiger partial charge in [0.15, 0.2) is 0 Å². The highest BCUT2D eigenvalue weighted by atomic mass is 35.5. The van der Waals surface area contributed by atoms with Crippen molar-refractivity contribution in [1.29, 1.82) is 0 Å². The lowest BCUT2D eigenvalue weighted by Gasteiger charge is -2.30. The molecule has 0 saturated heterocycles. The number of nitrogens with one attached hydrogen (secondary N) is 1. The standard InChI is InChI=1S/C12H16Cl2N2/c13-8-5-6-11(9(14)7-8)16-12-4-2-1-3-10(12)15/h5-7,10,12,16H,1-4,15H2. The minimum atomic E-state index is 0.223. The maximum Gasteiger partial charge on any atom is 0.0652 e. The van der Waals surface area contributed by atoms with Crippen LogP contribution in [-0.4, -0.2) is 12.1 Å². The Morgan fingerprint density at radius 3 is 2.62 bits per heavy atom. The van der Waals surface area contributed by atoms with Crippen LogP contribution >= 0.6 is 23.2 Å². The Kier molecular flexibility index (Phi) is 3.95. The number of anilines is 1. The molecule has 88 valence electrons. The van der Waals surface area contributed by atoms with Gasteiger partial charge in [0.25, 0.3) is 0 Å². The maximum atomic E-state index is 6.11. The Morgan fingerprint density at radius 2 is 1.94 bits per heavy atom. The summed E-state index contributed by atoms with van der Waals surface area (Å²) in [5, 5.41) is 4.72. The van der Waals surface area contributed by atoms with Crippen LogP contribution in [0.3, 0.4) is 0 Å². The number of nitrogens with two attached hydrogens (primary N) is 1. The van der Waals surface area contributed by atoms with E-state index in [2.05, 4.69) is 5.32 Å². The van der Waals surface area contributed by atoms with Crippen LogP contribution in [0.5, 0.6) is 0 Å². The van der Waals surface area contributed by atoms with Crippen LogP contribution < -0.4 is 11.1 Å². The molecule has 1 fully saturated rings. The Balaban J connectivity index is 2.07. The molecule has 2 unspecified atom stereocenters. The van der Waals surface area contributed by atoms with E-state index in [1.807, 2.05) is 12.1 Å². The van der Waals surface area contributed by atoms with Crippen LogP contribution in [0.2, 0.25) is 10.0 Å². The first kappa shape index (κ1) is 12.0. The highest BCUT2D eigenvalue weighted by Gasteiger charge is 2.21. The second kappa shape index (κ2) is 5.26. The number of benzene rings is 1. The number of halogens is 2. The van der Waals surface area contributed by atoms with Gasteiger partial charge in [-0.25, -0.2) is 0 Å². The van der Waals surface area contributed by atoms with Crippen LogP contribution in [0.25, 0.3) is 0 Å². The molecule has 1 saturated carbocycles. The van der Waals surface area contributed by atoms with Crippen molar-refractivity contribution in [3.63, 3.8) is 0 Å². The number of rotatable bonds is 2. The third kappa shape index (κ3) is 2.82. The zero-order valence-electron chi connectivity index (χ0n) is 9.05. The van der Waals surface area contributed by atoms with Gasteiger partial charge in [0.1, 0.15) is 0 Å². The molecule has 2 atom stereocenters. The summed E-state index contributed by atoms with van der Waals surface area (Å²) in [6.45, 7) is 0. The van der Waals surface area contributed by atoms with E-state index in [1.54, 1.807) is 6.07 Å². The quantitative estimate of drug-likeness (QED) is 0.850. The second-order valence-corrected chi connectivity index (χ2v) is 5.17. The fraction of sp³-hybridized carbons (Fsp3) is 0.500. The molecule has 0 radical (unpaired) electrons. The molecular weight excluding hydrogens is 243 g/mol. The average molecular weight is 259 g/mol. The van der Waals surface area contributed by atoms with Crippen molar-refractivity contribution in [3.05, 3.63) is 28.2 Å². The first-order valence-corrected chi connectivity index (χ1v) is 6.39. The average Bonchev–Trinajstić information content (AvgIpc) is 2.25. The molecule has 0 amide bonds. The summed E-state index contributed by atoms with van der Waals surface area (Å²) >= 11 is 12.0. The predicted molar refractivity (Wildman–Crippen MR) is 70.3 cm³/mol. The van der Waals surface area contributed by atoms with Crippen molar-refractivity contribution in [2.45, 2.75) is 37.8 Å². The predicted octanol–water partition coefficient (Wildman–Crippen LogP) is 3.68. The van der Waals surface area contributed by atoms with E-state index in [9.17, 15) is 0 Å². The van der Waals surface area contributed by atoms with Crippen LogP contribution in [0.1, 0.15) is 25.7 Å². The van der Waals surface area contributed by atoms with Gasteiger partial charge in [0, 0.05) is 17.1 Å². The molecule has 1 aromatic carbocycles. The summed E-state index contributed by atoms with van der Waals surface area (Å²) in [7, 11) is 0. The SMILES string of the molecule is NC1CCCCC1Nc1ccc(Cl)cc1Cl. The lowest BCUT2D eigenvalue weighted by Crippen LogP contribution is -2.42. The van der Waals surface area contributed by atoms with Crippen molar-refractivity contribution in [3.8, 4) is 0 Å². The van der Waals surface area contributed by atoms with Gasteiger partial charge in [-0.1, -0.05) is 36.0 Å². The van der Waals surface area contributed by atoms with E-state index in [0.29, 0.717) is 16.1 Å². The minimum Gasteiger partial charge on any atom is -0.380 e. The van der Waals surface area contributed by atoms with Crippen molar-refractivity contribution in [2.75, 3.05) is 5.32 Å². The van der Waals surface area contributed by atoms with E-state index >= 15 is 0 Å². The molecule has 1 aromatic rings. The van der Waals surface area contributed by atoms with Crippen molar-refractivity contribution in [2.24, 2.45) is 5.73 Å². The van der Waals surface area contributed by atoms with E-state index in [4.69, 9.17) is 28.9 Å². The van der Waals surface area contributed by atoms with Crippen LogP contribution in [0, 0.1) is 0 Å². The summed E-state index contributed by atoms with van der Waals surface area (Å²) in [6.07, 6.45) is 4.66. The third-order valence-corrected chi connectivity index (χ3v) is 3.64. The van der Waals surface area contributed by atoms with E-state index in [-0.39, 0.29) is 6.04 Å². The first-order chi connectivity index (χ1) is 7.66. The van der Waals surface area contributed by atoms with Crippen molar-refractivity contribution < 1.29 is 0 Å². The molecule has 0 aromatic heterocycles. The highest BCUT2D eigenvalue weighted by Crippen LogP contribution is 2.28. The van der Waals surface area contributed by atoms with Gasteiger partial charge < -0.3 is 11.1 Å². The normalized spacial score (nSPS) is 25.4. The van der Waals surface area contributed by atoms with Crippen LogP contribution in [-0.2, 0) is 0 Å². The zero-order chi connectivity index (χ0) is 11.5. The third-order valence-electron chi connectivity index (χ3n) is 3.09. The van der Waals surface area contributed by atoms with Crippen molar-refractivity contribution in [1.82, 2.24) is 0 Å². The molecule has 1 aliphatic rings. The Labute approximate surface area is 106 Å². The monoisotopic (exact) mass is 258 g/mol. The molecule has 0 bridgehead atoms. The summed E-state index contributed by atoms with van der Waals surface area (Å²) in [5.74, 6) is 0. The Morgan fingerprint density at radius 1 is 1.19 bits per heavy atom. The molecule has 2 nitrogen and oxygen atoms in total. The van der Waals surface area contributed by atoms with Gasteiger partial charge >= 0.3 is 0 Å². The summed E-state index contributed by atoms with van der Waals surface area (Å²) in [5.41, 5.74) is 7.00. The molecular formula is C12H16Cl2N2. The Hall–Kier alpha value is -0.440. The number of hydrogen-bond donors (Lipinski definition) is 2. The molecule has 16 heavy (non-hydrogen) atoms. The lowest BCUT2D eigenvalue weighted by atomic mass is 9.91. The number of hydrogen-bond acceptors (Lipinski definition) is 2. The first-order valence-electron chi connectivity index (χ1n) is 5.64. The van der Waals surface area contributed by atoms with E-state index in [1.165, 1.54) is 12.8 Å².